The van der Waals surface area contributed by atoms with Crippen molar-refractivity contribution in [3.63, 3.8) is 0 Å². The Hall–Kier alpha value is -2.77. The molecular weight excluding hydrogens is 412 g/mol. The number of hydrogen-bond donors (Lipinski definition) is 1. The molecule has 1 unspecified atom stereocenters. The van der Waals surface area contributed by atoms with Crippen molar-refractivity contribution in [3.8, 4) is 9.88 Å². The maximum atomic E-state index is 13.2. The summed E-state index contributed by atoms with van der Waals surface area (Å²) in [6.07, 6.45) is 5.07. The van der Waals surface area contributed by atoms with E-state index >= 15 is 0 Å². The molecule has 0 saturated carbocycles. The lowest BCUT2D eigenvalue weighted by molar-refractivity contribution is 0.102. The van der Waals surface area contributed by atoms with E-state index < -0.39 is 0 Å². The Kier molecular flexibility index (Phi) is 5.00. The number of benzene rings is 1. The minimum atomic E-state index is -0.123. The van der Waals surface area contributed by atoms with E-state index in [2.05, 4.69) is 39.7 Å². The Bertz CT molecular complexity index is 1210. The first kappa shape index (κ1) is 19.2. The van der Waals surface area contributed by atoms with Crippen LogP contribution in [0.15, 0.2) is 48.0 Å². The Balaban J connectivity index is 1.46. The fourth-order valence-electron chi connectivity index (χ4n) is 4.10. The first-order valence-corrected chi connectivity index (χ1v) is 11.8. The van der Waals surface area contributed by atoms with Gasteiger partial charge in [0.15, 0.2) is 0 Å². The monoisotopic (exact) mass is 434 g/mol. The fourth-order valence-corrected chi connectivity index (χ4v) is 5.86. The number of rotatable bonds is 4. The van der Waals surface area contributed by atoms with E-state index in [0.717, 1.165) is 46.2 Å². The van der Waals surface area contributed by atoms with Gasteiger partial charge >= 0.3 is 0 Å². The van der Waals surface area contributed by atoms with E-state index in [4.69, 9.17) is 0 Å². The second-order valence-electron chi connectivity index (χ2n) is 7.59. The molecule has 5 nitrogen and oxygen atoms in total. The molecule has 1 amide bonds. The summed E-state index contributed by atoms with van der Waals surface area (Å²) in [6, 6.07) is 12.7. The molecule has 1 aromatic carbocycles. The number of fused-ring (bicyclic) bond motifs is 1. The number of carbonyl (C=O) groups excluding carboxylic acids is 1. The third-order valence-electron chi connectivity index (χ3n) is 5.58. The largest absolute Gasteiger partial charge is 0.306 e. The van der Waals surface area contributed by atoms with Gasteiger partial charge in [0.25, 0.3) is 5.91 Å². The number of nitrogens with one attached hydrogen (secondary N) is 1. The standard InChI is InChI=1S/C23H22N4OS2/c1-14-13-24-27(18-10-5-8-16-7-3-4-9-17(16)18)21(14)26-22(28)20-15(2)25-23(30-20)19-11-6-12-29-19/h3-4,6-7,9,11-13,18H,5,8,10H2,1-2H3,(H,26,28). The quantitative estimate of drug-likeness (QED) is 0.437. The van der Waals surface area contributed by atoms with Crippen LogP contribution in [-0.2, 0) is 6.42 Å². The molecule has 0 bridgehead atoms. The van der Waals surface area contributed by atoms with Crippen LogP contribution in [0, 0.1) is 13.8 Å². The van der Waals surface area contributed by atoms with Gasteiger partial charge in [-0.2, -0.15) is 5.10 Å². The van der Waals surface area contributed by atoms with E-state index in [1.165, 1.54) is 22.5 Å². The van der Waals surface area contributed by atoms with Gasteiger partial charge in [0.1, 0.15) is 15.7 Å². The fraction of sp³-hybridized carbons (Fsp3) is 0.261. The van der Waals surface area contributed by atoms with E-state index in [-0.39, 0.29) is 11.9 Å². The molecule has 1 aliphatic rings. The van der Waals surface area contributed by atoms with Crippen molar-refractivity contribution in [2.75, 3.05) is 5.32 Å². The first-order valence-electron chi connectivity index (χ1n) is 10.1. The number of hydrogen-bond acceptors (Lipinski definition) is 5. The van der Waals surface area contributed by atoms with Crippen LogP contribution in [0.25, 0.3) is 9.88 Å². The molecule has 3 aromatic heterocycles. The highest BCUT2D eigenvalue weighted by molar-refractivity contribution is 7.22. The predicted octanol–water partition coefficient (Wildman–Crippen LogP) is 5.86. The van der Waals surface area contributed by atoms with Crippen molar-refractivity contribution in [2.24, 2.45) is 0 Å². The third-order valence-corrected chi connectivity index (χ3v) is 7.77. The average Bonchev–Trinajstić information content (AvgIpc) is 3.49. The number of aryl methyl sites for hydroxylation is 3. The van der Waals surface area contributed by atoms with Crippen molar-refractivity contribution in [3.05, 3.63) is 75.2 Å². The Labute approximate surface area is 183 Å². The molecule has 1 atom stereocenters. The smallest absolute Gasteiger partial charge is 0.268 e. The van der Waals surface area contributed by atoms with E-state index in [1.807, 2.05) is 42.2 Å². The van der Waals surface area contributed by atoms with Crippen molar-refractivity contribution in [1.29, 1.82) is 0 Å². The van der Waals surface area contributed by atoms with Crippen LogP contribution in [0.5, 0.6) is 0 Å². The van der Waals surface area contributed by atoms with Crippen LogP contribution in [0.2, 0.25) is 0 Å². The molecule has 0 fully saturated rings. The first-order chi connectivity index (χ1) is 14.6. The van der Waals surface area contributed by atoms with Gasteiger partial charge in [0.05, 0.1) is 22.8 Å². The molecular formula is C23H22N4OS2. The van der Waals surface area contributed by atoms with Gasteiger partial charge in [0.2, 0.25) is 0 Å². The number of nitrogens with zero attached hydrogens (tertiary/aromatic N) is 3. The number of anilines is 1. The molecule has 3 heterocycles. The van der Waals surface area contributed by atoms with E-state index in [9.17, 15) is 4.79 Å². The van der Waals surface area contributed by atoms with Crippen LogP contribution >= 0.6 is 22.7 Å². The van der Waals surface area contributed by atoms with E-state index in [0.29, 0.717) is 4.88 Å². The van der Waals surface area contributed by atoms with Crippen molar-refractivity contribution in [2.45, 2.75) is 39.2 Å². The summed E-state index contributed by atoms with van der Waals surface area (Å²) in [6.45, 7) is 3.88. The SMILES string of the molecule is Cc1cnn(C2CCCc3ccccc32)c1NC(=O)c1sc(-c2cccs2)nc1C. The zero-order valence-electron chi connectivity index (χ0n) is 16.9. The van der Waals surface area contributed by atoms with Crippen LogP contribution in [-0.4, -0.2) is 20.7 Å². The Morgan fingerprint density at radius 3 is 2.90 bits per heavy atom. The summed E-state index contributed by atoms with van der Waals surface area (Å²) in [5.74, 6) is 0.647. The number of aromatic nitrogens is 3. The third kappa shape index (κ3) is 3.38. The maximum Gasteiger partial charge on any atom is 0.268 e. The highest BCUT2D eigenvalue weighted by Crippen LogP contribution is 2.36. The number of thiophene rings is 1. The van der Waals surface area contributed by atoms with Crippen LogP contribution in [0.3, 0.4) is 0 Å². The summed E-state index contributed by atoms with van der Waals surface area (Å²) >= 11 is 3.08. The molecule has 1 N–H and O–H groups in total. The average molecular weight is 435 g/mol. The number of amides is 1. The second kappa shape index (κ2) is 7.81. The van der Waals surface area contributed by atoms with Crippen LogP contribution in [0.1, 0.15) is 50.9 Å². The van der Waals surface area contributed by atoms with Crippen molar-refractivity contribution < 1.29 is 4.79 Å². The predicted molar refractivity (Wildman–Crippen MR) is 123 cm³/mol. The molecule has 152 valence electrons. The van der Waals surface area contributed by atoms with Gasteiger partial charge in [-0.1, -0.05) is 30.3 Å². The Morgan fingerprint density at radius 1 is 1.20 bits per heavy atom. The molecule has 1 aliphatic carbocycles. The zero-order valence-corrected chi connectivity index (χ0v) is 18.5. The van der Waals surface area contributed by atoms with Crippen molar-refractivity contribution >= 4 is 34.4 Å². The topological polar surface area (TPSA) is 59.8 Å². The Morgan fingerprint density at radius 2 is 2.07 bits per heavy atom. The summed E-state index contributed by atoms with van der Waals surface area (Å²) in [5.41, 5.74) is 4.40. The second-order valence-corrected chi connectivity index (χ2v) is 9.54. The van der Waals surface area contributed by atoms with Gasteiger partial charge in [-0.25, -0.2) is 9.67 Å². The van der Waals surface area contributed by atoms with Crippen LogP contribution in [0.4, 0.5) is 5.82 Å². The molecule has 5 rings (SSSR count). The molecule has 0 radical (unpaired) electrons. The molecule has 7 heteroatoms. The normalized spacial score (nSPS) is 15.7. The van der Waals surface area contributed by atoms with Gasteiger partial charge in [-0.15, -0.1) is 22.7 Å². The molecule has 30 heavy (non-hydrogen) atoms. The van der Waals surface area contributed by atoms with Crippen LogP contribution < -0.4 is 5.32 Å². The molecule has 4 aromatic rings. The van der Waals surface area contributed by atoms with Gasteiger partial charge in [-0.3, -0.25) is 4.79 Å². The lowest BCUT2D eigenvalue weighted by Gasteiger charge is -2.27. The minimum absolute atomic E-state index is 0.123. The van der Waals surface area contributed by atoms with Gasteiger partial charge in [-0.05, 0) is 55.7 Å². The number of carbonyl (C=O) groups is 1. The summed E-state index contributed by atoms with van der Waals surface area (Å²) in [7, 11) is 0. The lowest BCUT2D eigenvalue weighted by Crippen LogP contribution is -2.22. The summed E-state index contributed by atoms with van der Waals surface area (Å²) in [4.78, 5) is 19.5. The summed E-state index contributed by atoms with van der Waals surface area (Å²) < 4.78 is 1.99. The highest BCUT2D eigenvalue weighted by Gasteiger charge is 2.26. The maximum absolute atomic E-state index is 13.2. The van der Waals surface area contributed by atoms with Gasteiger partial charge < -0.3 is 5.32 Å². The highest BCUT2D eigenvalue weighted by atomic mass is 32.1. The molecule has 0 saturated heterocycles. The minimum Gasteiger partial charge on any atom is -0.306 e. The van der Waals surface area contributed by atoms with Crippen molar-refractivity contribution in [1.82, 2.24) is 14.8 Å². The zero-order chi connectivity index (χ0) is 20.7. The van der Waals surface area contributed by atoms with Gasteiger partial charge in [0, 0.05) is 5.56 Å². The van der Waals surface area contributed by atoms with E-state index in [1.54, 1.807) is 11.3 Å². The molecule has 0 aliphatic heterocycles. The number of thiazole rings is 1. The lowest BCUT2D eigenvalue weighted by atomic mass is 9.88. The summed E-state index contributed by atoms with van der Waals surface area (Å²) in [5, 5.41) is 10.7. The molecule has 0 spiro atoms.